The van der Waals surface area contributed by atoms with Crippen LogP contribution in [0.5, 0.6) is 0 Å². The second kappa shape index (κ2) is 8.79. The SMILES string of the molecule is Cc1nc(C(=O)N2CCC[C@@H]2c2cccc(F)c2)nc(NCCc2cn[nH]c2)c1Cl. The van der Waals surface area contributed by atoms with Crippen LogP contribution in [0.3, 0.4) is 0 Å². The predicted octanol–water partition coefficient (Wildman–Crippen LogP) is 3.93. The second-order valence-electron chi connectivity index (χ2n) is 7.29. The van der Waals surface area contributed by atoms with Gasteiger partial charge < -0.3 is 10.2 Å². The molecule has 0 spiro atoms. The molecule has 1 aromatic carbocycles. The van der Waals surface area contributed by atoms with E-state index >= 15 is 0 Å². The van der Waals surface area contributed by atoms with Crippen molar-refractivity contribution in [2.45, 2.75) is 32.2 Å². The first kappa shape index (κ1) is 20.3. The highest BCUT2D eigenvalue weighted by atomic mass is 35.5. The number of amides is 1. The minimum absolute atomic E-state index is 0.0889. The van der Waals surface area contributed by atoms with Crippen molar-refractivity contribution in [1.29, 1.82) is 0 Å². The number of nitrogens with zero attached hydrogens (tertiary/aromatic N) is 4. The van der Waals surface area contributed by atoms with Gasteiger partial charge in [-0.3, -0.25) is 9.89 Å². The number of hydrogen-bond donors (Lipinski definition) is 2. The van der Waals surface area contributed by atoms with E-state index in [0.29, 0.717) is 29.6 Å². The zero-order chi connectivity index (χ0) is 21.1. The number of halogens is 2. The largest absolute Gasteiger partial charge is 0.368 e. The van der Waals surface area contributed by atoms with Crippen LogP contribution in [0, 0.1) is 12.7 Å². The third-order valence-corrected chi connectivity index (χ3v) is 5.67. The van der Waals surface area contributed by atoms with Crippen molar-refractivity contribution in [3.05, 3.63) is 70.1 Å². The molecule has 1 atom stereocenters. The van der Waals surface area contributed by atoms with Crippen LogP contribution in [0.1, 0.15) is 46.3 Å². The molecular formula is C21H22ClFN6O. The number of nitrogens with one attached hydrogen (secondary N) is 2. The van der Waals surface area contributed by atoms with Gasteiger partial charge in [-0.25, -0.2) is 14.4 Å². The predicted molar refractivity (Wildman–Crippen MR) is 112 cm³/mol. The molecule has 1 fully saturated rings. The molecule has 0 bridgehead atoms. The Kier molecular flexibility index (Phi) is 5.94. The lowest BCUT2D eigenvalue weighted by molar-refractivity contribution is 0.0722. The van der Waals surface area contributed by atoms with Gasteiger partial charge in [-0.15, -0.1) is 0 Å². The summed E-state index contributed by atoms with van der Waals surface area (Å²) in [7, 11) is 0. The molecule has 1 aliphatic rings. The standard InChI is InChI=1S/C21H22ClFN6O/c1-13-18(22)19(24-8-7-14-11-25-26-12-14)28-20(27-13)21(30)29-9-3-6-17(29)15-4-2-5-16(23)10-15/h2,4-5,10-12,17H,3,6-9H2,1H3,(H,25,26)(H,24,27,28)/t17-/m1/s1. The molecule has 1 amide bonds. The van der Waals surface area contributed by atoms with Crippen molar-refractivity contribution in [2.75, 3.05) is 18.4 Å². The number of anilines is 1. The first-order chi connectivity index (χ1) is 14.5. The average Bonchev–Trinajstić information content (AvgIpc) is 3.42. The maximum absolute atomic E-state index is 13.7. The lowest BCUT2D eigenvalue weighted by Crippen LogP contribution is -2.32. The quantitative estimate of drug-likeness (QED) is 0.621. The number of aryl methyl sites for hydroxylation is 1. The average molecular weight is 429 g/mol. The Morgan fingerprint density at radius 2 is 2.27 bits per heavy atom. The summed E-state index contributed by atoms with van der Waals surface area (Å²) in [6.07, 6.45) is 5.92. The van der Waals surface area contributed by atoms with E-state index in [1.54, 1.807) is 24.1 Å². The van der Waals surface area contributed by atoms with Gasteiger partial charge in [0, 0.05) is 19.3 Å². The fraction of sp³-hybridized carbons (Fsp3) is 0.333. The van der Waals surface area contributed by atoms with Crippen LogP contribution in [-0.2, 0) is 6.42 Å². The summed E-state index contributed by atoms with van der Waals surface area (Å²) >= 11 is 6.36. The molecule has 9 heteroatoms. The van der Waals surface area contributed by atoms with Gasteiger partial charge in [0.25, 0.3) is 5.91 Å². The number of hydrogen-bond acceptors (Lipinski definition) is 5. The molecule has 30 heavy (non-hydrogen) atoms. The Morgan fingerprint density at radius 1 is 1.40 bits per heavy atom. The highest BCUT2D eigenvalue weighted by molar-refractivity contribution is 6.33. The van der Waals surface area contributed by atoms with Crippen molar-refractivity contribution < 1.29 is 9.18 Å². The van der Waals surface area contributed by atoms with Crippen LogP contribution >= 0.6 is 11.6 Å². The zero-order valence-electron chi connectivity index (χ0n) is 16.5. The van der Waals surface area contributed by atoms with E-state index in [1.807, 2.05) is 12.3 Å². The van der Waals surface area contributed by atoms with Crippen LogP contribution in [0.15, 0.2) is 36.7 Å². The molecule has 4 rings (SSSR count). The van der Waals surface area contributed by atoms with Crippen LogP contribution < -0.4 is 5.32 Å². The summed E-state index contributed by atoms with van der Waals surface area (Å²) in [5.74, 6) is -0.0718. The summed E-state index contributed by atoms with van der Waals surface area (Å²) in [5.41, 5.74) is 2.36. The van der Waals surface area contributed by atoms with Gasteiger partial charge in [-0.05, 0) is 49.4 Å². The fourth-order valence-electron chi connectivity index (χ4n) is 3.71. The maximum atomic E-state index is 13.7. The Labute approximate surface area is 178 Å². The van der Waals surface area contributed by atoms with Gasteiger partial charge >= 0.3 is 0 Å². The second-order valence-corrected chi connectivity index (χ2v) is 7.67. The van der Waals surface area contributed by atoms with Crippen molar-refractivity contribution in [2.24, 2.45) is 0 Å². The van der Waals surface area contributed by atoms with Crippen molar-refractivity contribution in [1.82, 2.24) is 25.1 Å². The summed E-state index contributed by atoms with van der Waals surface area (Å²) in [6, 6.07) is 6.20. The highest BCUT2D eigenvalue weighted by Gasteiger charge is 2.32. The van der Waals surface area contributed by atoms with Crippen LogP contribution in [0.25, 0.3) is 0 Å². The number of H-pyrrole nitrogens is 1. The zero-order valence-corrected chi connectivity index (χ0v) is 17.3. The number of aromatic amines is 1. The normalized spacial score (nSPS) is 16.1. The van der Waals surface area contributed by atoms with Crippen molar-refractivity contribution in [3.63, 3.8) is 0 Å². The molecule has 1 saturated heterocycles. The Bertz CT molecular complexity index is 1040. The van der Waals surface area contributed by atoms with Gasteiger partial charge in [0.15, 0.2) is 0 Å². The van der Waals surface area contributed by atoms with E-state index in [1.165, 1.54) is 12.1 Å². The number of rotatable bonds is 6. The molecule has 3 aromatic rings. The first-order valence-electron chi connectivity index (χ1n) is 9.85. The topological polar surface area (TPSA) is 86.8 Å². The van der Waals surface area contributed by atoms with Gasteiger partial charge in [0.05, 0.1) is 17.9 Å². The summed E-state index contributed by atoms with van der Waals surface area (Å²) in [5, 5.41) is 10.3. The molecule has 2 N–H and O–H groups in total. The van der Waals surface area contributed by atoms with Gasteiger partial charge in [0.2, 0.25) is 5.82 Å². The summed E-state index contributed by atoms with van der Waals surface area (Å²) < 4.78 is 13.7. The fourth-order valence-corrected chi connectivity index (χ4v) is 3.86. The first-order valence-corrected chi connectivity index (χ1v) is 10.2. The molecule has 2 aromatic heterocycles. The Morgan fingerprint density at radius 3 is 3.03 bits per heavy atom. The number of benzene rings is 1. The van der Waals surface area contributed by atoms with Crippen molar-refractivity contribution in [3.8, 4) is 0 Å². The lowest BCUT2D eigenvalue weighted by atomic mass is 10.0. The van der Waals surface area contributed by atoms with Gasteiger partial charge in [-0.1, -0.05) is 23.7 Å². The van der Waals surface area contributed by atoms with Crippen LogP contribution in [-0.4, -0.2) is 44.1 Å². The molecule has 0 aliphatic carbocycles. The molecule has 1 aliphatic heterocycles. The van der Waals surface area contributed by atoms with Crippen molar-refractivity contribution >= 4 is 23.3 Å². The molecule has 0 radical (unpaired) electrons. The Hall–Kier alpha value is -3.00. The number of carbonyl (C=O) groups is 1. The number of carbonyl (C=O) groups excluding carboxylic acids is 1. The van der Waals surface area contributed by atoms with E-state index < -0.39 is 0 Å². The maximum Gasteiger partial charge on any atom is 0.292 e. The smallest absolute Gasteiger partial charge is 0.292 e. The van der Waals surface area contributed by atoms with E-state index in [2.05, 4.69) is 25.5 Å². The summed E-state index contributed by atoms with van der Waals surface area (Å²) in [6.45, 7) is 2.91. The van der Waals surface area contributed by atoms with E-state index in [4.69, 9.17) is 11.6 Å². The molecule has 3 heterocycles. The van der Waals surface area contributed by atoms with Crippen LogP contribution in [0.2, 0.25) is 5.02 Å². The third kappa shape index (κ3) is 4.28. The molecule has 156 valence electrons. The molecule has 7 nitrogen and oxygen atoms in total. The van der Waals surface area contributed by atoms with E-state index in [-0.39, 0.29) is 23.6 Å². The monoisotopic (exact) mass is 428 g/mol. The number of likely N-dealkylation sites (tertiary alicyclic amines) is 1. The van der Waals surface area contributed by atoms with Gasteiger partial charge in [0.1, 0.15) is 16.7 Å². The number of aromatic nitrogens is 4. The molecular weight excluding hydrogens is 407 g/mol. The molecule has 0 unspecified atom stereocenters. The minimum Gasteiger partial charge on any atom is -0.368 e. The Balaban J connectivity index is 1.53. The third-order valence-electron chi connectivity index (χ3n) is 5.22. The van der Waals surface area contributed by atoms with Gasteiger partial charge in [-0.2, -0.15) is 5.10 Å². The lowest BCUT2D eigenvalue weighted by Gasteiger charge is -2.25. The highest BCUT2D eigenvalue weighted by Crippen LogP contribution is 2.33. The van der Waals surface area contributed by atoms with E-state index in [0.717, 1.165) is 30.4 Å². The van der Waals surface area contributed by atoms with E-state index in [9.17, 15) is 9.18 Å². The van der Waals surface area contributed by atoms with Crippen LogP contribution in [0.4, 0.5) is 10.2 Å². The minimum atomic E-state index is -0.311. The molecule has 0 saturated carbocycles. The summed E-state index contributed by atoms with van der Waals surface area (Å²) in [4.78, 5) is 23.6.